The lowest BCUT2D eigenvalue weighted by molar-refractivity contribution is 0.0258. The first-order valence-corrected chi connectivity index (χ1v) is 7.80. The van der Waals surface area contributed by atoms with E-state index < -0.39 is 5.60 Å². The molecule has 0 amide bonds. The number of aliphatic hydroxyl groups is 1. The molecule has 2 heterocycles. The normalized spacial score (nSPS) is 35.0. The van der Waals surface area contributed by atoms with Crippen LogP contribution in [-0.4, -0.2) is 28.3 Å². The van der Waals surface area contributed by atoms with Crippen molar-refractivity contribution in [1.29, 1.82) is 0 Å². The molecular formula is C15H20O2S. The lowest BCUT2D eigenvalue weighted by Gasteiger charge is -2.34. The van der Waals surface area contributed by atoms with Crippen molar-refractivity contribution in [2.75, 3.05) is 12.4 Å². The molecule has 3 heteroatoms. The standard InChI is InChI=1S/C15H20O2S/c1-11-15(16,7-9-18-11)10-12-6-8-17-14-5-3-2-4-13(12)14/h2-5,11-12,16H,6-10H2,1H3. The molecule has 2 aliphatic rings. The highest BCUT2D eigenvalue weighted by molar-refractivity contribution is 8.00. The van der Waals surface area contributed by atoms with Crippen molar-refractivity contribution < 1.29 is 9.84 Å². The zero-order chi connectivity index (χ0) is 12.6. The average Bonchev–Trinajstić information content (AvgIpc) is 2.70. The van der Waals surface area contributed by atoms with Gasteiger partial charge in [0, 0.05) is 5.25 Å². The Morgan fingerprint density at radius 1 is 1.44 bits per heavy atom. The predicted octanol–water partition coefficient (Wildman–Crippen LogP) is 3.20. The molecule has 0 aliphatic carbocycles. The van der Waals surface area contributed by atoms with E-state index in [0.29, 0.717) is 11.2 Å². The maximum Gasteiger partial charge on any atom is 0.122 e. The zero-order valence-electron chi connectivity index (χ0n) is 10.8. The van der Waals surface area contributed by atoms with Crippen molar-refractivity contribution in [3.05, 3.63) is 29.8 Å². The summed E-state index contributed by atoms with van der Waals surface area (Å²) in [6, 6.07) is 8.27. The third kappa shape index (κ3) is 2.14. The summed E-state index contributed by atoms with van der Waals surface area (Å²) < 4.78 is 5.69. The van der Waals surface area contributed by atoms with Crippen LogP contribution in [-0.2, 0) is 0 Å². The molecule has 3 rings (SSSR count). The van der Waals surface area contributed by atoms with E-state index in [1.54, 1.807) is 0 Å². The summed E-state index contributed by atoms with van der Waals surface area (Å²) in [6.45, 7) is 2.93. The van der Waals surface area contributed by atoms with E-state index in [9.17, 15) is 5.11 Å². The first-order valence-electron chi connectivity index (χ1n) is 6.75. The van der Waals surface area contributed by atoms with Crippen molar-refractivity contribution in [3.63, 3.8) is 0 Å². The number of thioether (sulfide) groups is 1. The maximum atomic E-state index is 10.8. The molecule has 98 valence electrons. The van der Waals surface area contributed by atoms with Crippen molar-refractivity contribution in [1.82, 2.24) is 0 Å². The van der Waals surface area contributed by atoms with Crippen molar-refractivity contribution in [3.8, 4) is 5.75 Å². The van der Waals surface area contributed by atoms with E-state index in [-0.39, 0.29) is 0 Å². The Kier molecular flexibility index (Phi) is 3.29. The van der Waals surface area contributed by atoms with Gasteiger partial charge in [0.05, 0.1) is 12.2 Å². The van der Waals surface area contributed by atoms with Gasteiger partial charge in [0.1, 0.15) is 5.75 Å². The highest BCUT2D eigenvalue weighted by atomic mass is 32.2. The van der Waals surface area contributed by atoms with Crippen molar-refractivity contribution >= 4 is 11.8 Å². The molecule has 1 aromatic rings. The van der Waals surface area contributed by atoms with Crippen LogP contribution >= 0.6 is 11.8 Å². The molecule has 1 fully saturated rings. The largest absolute Gasteiger partial charge is 0.493 e. The minimum Gasteiger partial charge on any atom is -0.493 e. The van der Waals surface area contributed by atoms with Crippen LogP contribution in [0.4, 0.5) is 0 Å². The highest BCUT2D eigenvalue weighted by Gasteiger charge is 2.41. The first kappa shape index (κ1) is 12.4. The summed E-state index contributed by atoms with van der Waals surface area (Å²) in [5, 5.41) is 11.1. The summed E-state index contributed by atoms with van der Waals surface area (Å²) in [6.07, 6.45) is 2.83. The fraction of sp³-hybridized carbons (Fsp3) is 0.600. The summed E-state index contributed by atoms with van der Waals surface area (Å²) in [5.74, 6) is 2.54. The SMILES string of the molecule is CC1SCCC1(O)CC1CCOc2ccccc21. The molecule has 0 radical (unpaired) electrons. The van der Waals surface area contributed by atoms with Crippen LogP contribution in [0.2, 0.25) is 0 Å². The van der Waals surface area contributed by atoms with E-state index in [2.05, 4.69) is 19.1 Å². The molecule has 3 unspecified atom stereocenters. The van der Waals surface area contributed by atoms with Gasteiger partial charge in [-0.1, -0.05) is 25.1 Å². The number of fused-ring (bicyclic) bond motifs is 1. The number of hydrogen-bond donors (Lipinski definition) is 1. The molecule has 2 nitrogen and oxygen atoms in total. The second kappa shape index (κ2) is 4.78. The molecular weight excluding hydrogens is 244 g/mol. The Bertz CT molecular complexity index is 434. The van der Waals surface area contributed by atoms with E-state index in [0.717, 1.165) is 37.4 Å². The smallest absolute Gasteiger partial charge is 0.122 e. The van der Waals surface area contributed by atoms with Crippen LogP contribution in [0.3, 0.4) is 0 Å². The van der Waals surface area contributed by atoms with Gasteiger partial charge in [0.15, 0.2) is 0 Å². The molecule has 1 N–H and O–H groups in total. The van der Waals surface area contributed by atoms with Crippen LogP contribution < -0.4 is 4.74 Å². The third-order valence-corrected chi connectivity index (χ3v) is 5.72. The van der Waals surface area contributed by atoms with Gasteiger partial charge in [-0.2, -0.15) is 11.8 Å². The van der Waals surface area contributed by atoms with Gasteiger partial charge >= 0.3 is 0 Å². The third-order valence-electron chi connectivity index (χ3n) is 4.34. The van der Waals surface area contributed by atoms with Crippen LogP contribution in [0.1, 0.15) is 37.7 Å². The number of hydrogen-bond acceptors (Lipinski definition) is 3. The van der Waals surface area contributed by atoms with Crippen molar-refractivity contribution in [2.45, 2.75) is 43.0 Å². The van der Waals surface area contributed by atoms with Gasteiger partial charge < -0.3 is 9.84 Å². The summed E-state index contributed by atoms with van der Waals surface area (Å²) in [5.41, 5.74) is 0.793. The zero-order valence-corrected chi connectivity index (χ0v) is 11.6. The molecule has 1 aromatic carbocycles. The number of benzene rings is 1. The van der Waals surface area contributed by atoms with Gasteiger partial charge in [0.25, 0.3) is 0 Å². The molecule has 18 heavy (non-hydrogen) atoms. The van der Waals surface area contributed by atoms with Gasteiger partial charge in [-0.3, -0.25) is 0 Å². The molecule has 0 spiro atoms. The van der Waals surface area contributed by atoms with Crippen LogP contribution in [0.25, 0.3) is 0 Å². The Balaban J connectivity index is 1.82. The summed E-state index contributed by atoms with van der Waals surface area (Å²) >= 11 is 1.89. The molecule has 0 bridgehead atoms. The number of rotatable bonds is 2. The lowest BCUT2D eigenvalue weighted by Crippen LogP contribution is -2.37. The predicted molar refractivity (Wildman–Crippen MR) is 75.4 cm³/mol. The minimum absolute atomic E-state index is 0.354. The van der Waals surface area contributed by atoms with Gasteiger partial charge in [-0.05, 0) is 42.6 Å². The fourth-order valence-corrected chi connectivity index (χ4v) is 4.44. The molecule has 2 aliphatic heterocycles. The Labute approximate surface area is 113 Å². The maximum absolute atomic E-state index is 10.8. The second-order valence-corrected chi connectivity index (χ2v) is 6.89. The lowest BCUT2D eigenvalue weighted by atomic mass is 9.80. The molecule has 1 saturated heterocycles. The summed E-state index contributed by atoms with van der Waals surface area (Å²) in [7, 11) is 0. The minimum atomic E-state index is -0.486. The van der Waals surface area contributed by atoms with E-state index >= 15 is 0 Å². The second-order valence-electron chi connectivity index (χ2n) is 5.44. The van der Waals surface area contributed by atoms with Crippen molar-refractivity contribution in [2.24, 2.45) is 0 Å². The topological polar surface area (TPSA) is 29.5 Å². The monoisotopic (exact) mass is 264 g/mol. The van der Waals surface area contributed by atoms with Crippen LogP contribution in [0.5, 0.6) is 5.75 Å². The highest BCUT2D eigenvalue weighted by Crippen LogP contribution is 2.45. The summed E-state index contributed by atoms with van der Waals surface area (Å²) in [4.78, 5) is 0. The van der Waals surface area contributed by atoms with E-state index in [1.165, 1.54) is 5.56 Å². The molecule has 0 aromatic heterocycles. The van der Waals surface area contributed by atoms with Gasteiger partial charge in [0.2, 0.25) is 0 Å². The number of para-hydroxylation sites is 1. The fourth-order valence-electron chi connectivity index (χ4n) is 3.09. The Hall–Kier alpha value is -0.670. The first-order chi connectivity index (χ1) is 8.69. The number of ether oxygens (including phenoxy) is 1. The van der Waals surface area contributed by atoms with Crippen LogP contribution in [0, 0.1) is 0 Å². The van der Waals surface area contributed by atoms with E-state index in [4.69, 9.17) is 4.74 Å². The average molecular weight is 264 g/mol. The van der Waals surface area contributed by atoms with E-state index in [1.807, 2.05) is 23.9 Å². The van der Waals surface area contributed by atoms with Crippen LogP contribution in [0.15, 0.2) is 24.3 Å². The molecule has 3 atom stereocenters. The van der Waals surface area contributed by atoms with Gasteiger partial charge in [-0.15, -0.1) is 0 Å². The quantitative estimate of drug-likeness (QED) is 0.889. The Morgan fingerprint density at radius 2 is 2.28 bits per heavy atom. The van der Waals surface area contributed by atoms with Gasteiger partial charge in [-0.25, -0.2) is 0 Å². The molecule has 0 saturated carbocycles. The Morgan fingerprint density at radius 3 is 3.06 bits per heavy atom.